The number of β-amino-alcohol motifs (C(OH)–C–C–N with tert-alkyl or cyclic N) is 1. The highest BCUT2D eigenvalue weighted by Gasteiger charge is 2.76. The van der Waals surface area contributed by atoms with Crippen LogP contribution < -0.4 is 10.6 Å². The number of carbonyl (C=O) groups excluding carboxylic acids is 3. The second-order valence-electron chi connectivity index (χ2n) is 9.89. The Balaban J connectivity index is 1.40. The van der Waals surface area contributed by atoms with Crippen molar-refractivity contribution in [3.05, 3.63) is 71.8 Å². The largest absolute Gasteiger partial charge is 0.395 e. The predicted molar refractivity (Wildman–Crippen MR) is 134 cm³/mol. The molecule has 0 aromatic heterocycles. The van der Waals surface area contributed by atoms with Gasteiger partial charge in [0, 0.05) is 24.4 Å². The average Bonchev–Trinajstić information content (AvgIpc) is 3.43. The molecule has 3 N–H and O–H groups in total. The van der Waals surface area contributed by atoms with E-state index in [9.17, 15) is 19.5 Å². The molecule has 2 bridgehead atoms. The number of amides is 3. The van der Waals surface area contributed by atoms with E-state index in [-0.39, 0.29) is 30.9 Å². The molecule has 7 nitrogen and oxygen atoms in total. The monoisotopic (exact) mass is 493 g/mol. The Labute approximate surface area is 209 Å². The average molecular weight is 494 g/mol. The van der Waals surface area contributed by atoms with E-state index in [4.69, 9.17) is 0 Å². The van der Waals surface area contributed by atoms with Crippen molar-refractivity contribution < 1.29 is 19.5 Å². The number of nitrogens with one attached hydrogen (secondary N) is 2. The summed E-state index contributed by atoms with van der Waals surface area (Å²) in [6, 6.07) is 18.6. The Morgan fingerprint density at radius 2 is 1.54 bits per heavy atom. The second kappa shape index (κ2) is 9.32. The lowest BCUT2D eigenvalue weighted by Crippen LogP contribution is -2.54. The Morgan fingerprint density at radius 3 is 2.11 bits per heavy atom. The summed E-state index contributed by atoms with van der Waals surface area (Å²) < 4.78 is -1.08. The van der Waals surface area contributed by atoms with Crippen LogP contribution in [0.5, 0.6) is 0 Å². The van der Waals surface area contributed by atoms with Crippen molar-refractivity contribution in [2.45, 2.75) is 48.4 Å². The fourth-order valence-electron chi connectivity index (χ4n) is 6.25. The number of thioether (sulfide) groups is 1. The molecule has 3 saturated heterocycles. The van der Waals surface area contributed by atoms with E-state index in [1.165, 1.54) is 4.90 Å². The van der Waals surface area contributed by atoms with Crippen LogP contribution >= 0.6 is 11.8 Å². The summed E-state index contributed by atoms with van der Waals surface area (Å²) in [5.41, 5.74) is 1.97. The van der Waals surface area contributed by atoms with Crippen molar-refractivity contribution in [2.75, 3.05) is 13.2 Å². The van der Waals surface area contributed by atoms with Crippen molar-refractivity contribution in [1.29, 1.82) is 0 Å². The van der Waals surface area contributed by atoms with Gasteiger partial charge in [-0.3, -0.25) is 14.4 Å². The number of carbonyl (C=O) groups is 3. The van der Waals surface area contributed by atoms with Gasteiger partial charge in [-0.1, -0.05) is 60.7 Å². The molecule has 3 aliphatic heterocycles. The van der Waals surface area contributed by atoms with E-state index in [1.807, 2.05) is 60.7 Å². The van der Waals surface area contributed by atoms with Crippen LogP contribution in [0.2, 0.25) is 0 Å². The molecule has 3 aliphatic rings. The summed E-state index contributed by atoms with van der Waals surface area (Å²) in [5.74, 6) is -1.67. The lowest BCUT2D eigenvalue weighted by Gasteiger charge is -2.34. The minimum absolute atomic E-state index is 0.0795. The number of aliphatic hydroxyl groups excluding tert-OH is 1. The quantitative estimate of drug-likeness (QED) is 0.523. The first-order chi connectivity index (χ1) is 16.9. The molecule has 2 aromatic rings. The number of aliphatic hydroxyl groups is 1. The van der Waals surface area contributed by atoms with Gasteiger partial charge in [-0.2, -0.15) is 0 Å². The zero-order valence-corrected chi connectivity index (χ0v) is 20.6. The smallest absolute Gasteiger partial charge is 0.244 e. The molecule has 0 saturated carbocycles. The summed E-state index contributed by atoms with van der Waals surface area (Å²) in [7, 11) is 0. The third kappa shape index (κ3) is 4.02. The van der Waals surface area contributed by atoms with Crippen LogP contribution in [0.15, 0.2) is 60.7 Å². The van der Waals surface area contributed by atoms with Crippen molar-refractivity contribution in [3.8, 4) is 0 Å². The maximum atomic E-state index is 13.7. The fourth-order valence-corrected chi connectivity index (χ4v) is 8.61. The van der Waals surface area contributed by atoms with Gasteiger partial charge in [0.25, 0.3) is 0 Å². The lowest BCUT2D eigenvalue weighted by molar-refractivity contribution is -0.141. The molecule has 3 fully saturated rings. The predicted octanol–water partition coefficient (Wildman–Crippen LogP) is 2.09. The molecule has 1 spiro atoms. The van der Waals surface area contributed by atoms with Gasteiger partial charge < -0.3 is 20.6 Å². The van der Waals surface area contributed by atoms with E-state index in [2.05, 4.69) is 17.6 Å². The van der Waals surface area contributed by atoms with E-state index in [0.717, 1.165) is 17.5 Å². The molecule has 184 valence electrons. The molecular weight excluding hydrogens is 462 g/mol. The summed E-state index contributed by atoms with van der Waals surface area (Å²) in [5, 5.41) is 15.8. The third-order valence-electron chi connectivity index (χ3n) is 7.77. The van der Waals surface area contributed by atoms with Gasteiger partial charge in [0.05, 0.1) is 23.2 Å². The standard InChI is InChI=1S/C27H31N3O4S/c1-26-12-13-27(35-26)21(20(26)23(32)28-16-18-8-4-2-5-9-18)25(34)30(14-15-31)22(27)24(33)29-17-19-10-6-3-7-11-19/h2-11,20-22,31H,12-17H2,1H3,(H,28,32)(H,29,33)/t20-,21+,22?,26+,27?/m1/s1. The van der Waals surface area contributed by atoms with Crippen LogP contribution in [0.25, 0.3) is 0 Å². The van der Waals surface area contributed by atoms with E-state index < -0.39 is 27.4 Å². The highest BCUT2D eigenvalue weighted by Crippen LogP contribution is 2.71. The molecule has 5 rings (SSSR count). The van der Waals surface area contributed by atoms with E-state index in [1.54, 1.807) is 11.8 Å². The maximum Gasteiger partial charge on any atom is 0.244 e. The molecule has 5 atom stereocenters. The van der Waals surface area contributed by atoms with Crippen molar-refractivity contribution in [2.24, 2.45) is 11.8 Å². The normalized spacial score (nSPS) is 30.9. The van der Waals surface area contributed by atoms with Crippen LogP contribution in [-0.4, -0.2) is 56.4 Å². The number of nitrogens with zero attached hydrogens (tertiary/aromatic N) is 1. The Hall–Kier alpha value is -2.84. The van der Waals surface area contributed by atoms with Crippen LogP contribution in [0, 0.1) is 11.8 Å². The van der Waals surface area contributed by atoms with Gasteiger partial charge in [-0.25, -0.2) is 0 Å². The van der Waals surface area contributed by atoms with Gasteiger partial charge in [-0.15, -0.1) is 11.8 Å². The van der Waals surface area contributed by atoms with Gasteiger partial charge in [-0.05, 0) is 30.9 Å². The summed E-state index contributed by atoms with van der Waals surface area (Å²) in [6.45, 7) is 2.66. The molecule has 0 aliphatic carbocycles. The topological polar surface area (TPSA) is 98.7 Å². The zero-order chi connectivity index (χ0) is 24.6. The zero-order valence-electron chi connectivity index (χ0n) is 19.8. The van der Waals surface area contributed by atoms with Crippen LogP contribution in [0.3, 0.4) is 0 Å². The minimum Gasteiger partial charge on any atom is -0.395 e. The lowest BCUT2D eigenvalue weighted by atomic mass is 9.66. The highest BCUT2D eigenvalue weighted by molar-refractivity contribution is 8.02. The minimum atomic E-state index is -0.713. The fraction of sp³-hybridized carbons (Fsp3) is 0.444. The van der Waals surface area contributed by atoms with Gasteiger partial charge >= 0.3 is 0 Å². The Kier molecular flexibility index (Phi) is 6.36. The number of rotatable bonds is 8. The van der Waals surface area contributed by atoms with Gasteiger partial charge in [0.1, 0.15) is 6.04 Å². The summed E-state index contributed by atoms with van der Waals surface area (Å²) in [6.07, 6.45) is 1.46. The third-order valence-corrected chi connectivity index (χ3v) is 9.75. The molecule has 3 heterocycles. The number of fused-ring (bicyclic) bond motifs is 1. The molecule has 2 unspecified atom stereocenters. The van der Waals surface area contributed by atoms with Crippen LogP contribution in [0.1, 0.15) is 30.9 Å². The van der Waals surface area contributed by atoms with Crippen molar-refractivity contribution in [1.82, 2.24) is 15.5 Å². The molecule has 3 amide bonds. The summed E-state index contributed by atoms with van der Waals surface area (Å²) >= 11 is 1.64. The first kappa shape index (κ1) is 23.9. The summed E-state index contributed by atoms with van der Waals surface area (Å²) in [4.78, 5) is 42.3. The molecule has 2 aromatic carbocycles. The Bertz CT molecular complexity index is 1110. The Morgan fingerprint density at radius 1 is 0.971 bits per heavy atom. The maximum absolute atomic E-state index is 13.7. The molecule has 8 heteroatoms. The number of benzene rings is 2. The van der Waals surface area contributed by atoms with Gasteiger partial charge in [0.15, 0.2) is 0 Å². The first-order valence-corrected chi connectivity index (χ1v) is 13.0. The molecule has 0 radical (unpaired) electrons. The number of likely N-dealkylation sites (tertiary alicyclic amines) is 1. The molecular formula is C27H31N3O4S. The SMILES string of the molecule is C[C@@]12CCC3(S1)C(C(=O)NCc1ccccc1)N(CCO)C(=O)[C@@H]3[C@@H]2C(=O)NCc1ccccc1. The number of hydrogen-bond acceptors (Lipinski definition) is 5. The second-order valence-corrected chi connectivity index (χ2v) is 11.8. The first-order valence-electron chi connectivity index (χ1n) is 12.1. The number of hydrogen-bond donors (Lipinski definition) is 3. The van der Waals surface area contributed by atoms with Crippen molar-refractivity contribution >= 4 is 29.5 Å². The van der Waals surface area contributed by atoms with Crippen molar-refractivity contribution in [3.63, 3.8) is 0 Å². The van der Waals surface area contributed by atoms with E-state index in [0.29, 0.717) is 19.5 Å². The molecule has 35 heavy (non-hydrogen) atoms. The van der Waals surface area contributed by atoms with Gasteiger partial charge in [0.2, 0.25) is 17.7 Å². The highest BCUT2D eigenvalue weighted by atomic mass is 32.2. The van der Waals surface area contributed by atoms with E-state index >= 15 is 0 Å². The van der Waals surface area contributed by atoms with Crippen LogP contribution in [-0.2, 0) is 27.5 Å². The van der Waals surface area contributed by atoms with Crippen LogP contribution in [0.4, 0.5) is 0 Å².